The van der Waals surface area contributed by atoms with Crippen molar-refractivity contribution in [2.75, 3.05) is 23.7 Å². The summed E-state index contributed by atoms with van der Waals surface area (Å²) in [7, 11) is 0. The van der Waals surface area contributed by atoms with E-state index >= 15 is 0 Å². The molecule has 0 bridgehead atoms. The minimum Gasteiger partial charge on any atom is -0.393 e. The largest absolute Gasteiger partial charge is 0.393 e. The van der Waals surface area contributed by atoms with Gasteiger partial charge < -0.3 is 15.7 Å². The van der Waals surface area contributed by atoms with Crippen LogP contribution >= 0.6 is 11.3 Å². The zero-order chi connectivity index (χ0) is 22.8. The number of halogens is 2. The molecular weight excluding hydrogens is 448 g/mol. The zero-order valence-corrected chi connectivity index (χ0v) is 19.0. The number of rotatable bonds is 6. The van der Waals surface area contributed by atoms with Crippen LogP contribution in [0.2, 0.25) is 0 Å². The van der Waals surface area contributed by atoms with Crippen molar-refractivity contribution in [1.29, 1.82) is 0 Å². The lowest BCUT2D eigenvalue weighted by Crippen LogP contribution is -2.42. The average Bonchev–Trinajstić information content (AvgIpc) is 3.17. The van der Waals surface area contributed by atoms with Crippen LogP contribution in [0.15, 0.2) is 24.4 Å². The van der Waals surface area contributed by atoms with Crippen LogP contribution in [-0.2, 0) is 6.54 Å². The van der Waals surface area contributed by atoms with Crippen molar-refractivity contribution >= 4 is 38.6 Å². The van der Waals surface area contributed by atoms with Crippen LogP contribution in [0.25, 0.3) is 10.3 Å². The number of nitrogens with zero attached hydrogens (tertiary/aromatic N) is 5. The van der Waals surface area contributed by atoms with E-state index in [-0.39, 0.29) is 25.1 Å². The summed E-state index contributed by atoms with van der Waals surface area (Å²) in [5.74, 6) is -1.65. The fourth-order valence-electron chi connectivity index (χ4n) is 4.45. The Morgan fingerprint density at radius 1 is 1.18 bits per heavy atom. The molecule has 0 aromatic carbocycles. The van der Waals surface area contributed by atoms with Gasteiger partial charge in [-0.05, 0) is 50.8 Å². The van der Waals surface area contributed by atoms with Gasteiger partial charge in [0.25, 0.3) is 5.92 Å². The maximum atomic E-state index is 13.9. The third-order valence-electron chi connectivity index (χ3n) is 6.07. The summed E-state index contributed by atoms with van der Waals surface area (Å²) in [6.07, 6.45) is 5.03. The van der Waals surface area contributed by atoms with E-state index in [9.17, 15) is 13.9 Å². The molecule has 2 fully saturated rings. The van der Waals surface area contributed by atoms with Gasteiger partial charge in [0.1, 0.15) is 16.2 Å². The molecule has 176 valence electrons. The van der Waals surface area contributed by atoms with Crippen LogP contribution in [0.5, 0.6) is 0 Å². The van der Waals surface area contributed by atoms with Crippen LogP contribution in [0.3, 0.4) is 0 Å². The number of likely N-dealkylation sites (tertiary alicyclic amines) is 1. The molecular formula is C22H27F2N7OS. The lowest BCUT2D eigenvalue weighted by molar-refractivity contribution is -0.0663. The fourth-order valence-corrected chi connectivity index (χ4v) is 5.27. The molecule has 33 heavy (non-hydrogen) atoms. The van der Waals surface area contributed by atoms with Crippen LogP contribution in [0.1, 0.15) is 44.2 Å². The number of aromatic nitrogens is 4. The third kappa shape index (κ3) is 5.71. The lowest BCUT2D eigenvalue weighted by Gasteiger charge is -2.32. The molecule has 0 spiro atoms. The third-order valence-corrected chi connectivity index (χ3v) is 6.96. The summed E-state index contributed by atoms with van der Waals surface area (Å²) in [6, 6.07) is 5.70. The van der Waals surface area contributed by atoms with E-state index in [1.165, 1.54) is 11.3 Å². The van der Waals surface area contributed by atoms with Gasteiger partial charge >= 0.3 is 0 Å². The van der Waals surface area contributed by atoms with Gasteiger partial charge in [-0.2, -0.15) is 4.98 Å². The van der Waals surface area contributed by atoms with Gasteiger partial charge in [0.2, 0.25) is 5.95 Å². The first-order valence-electron chi connectivity index (χ1n) is 11.3. The molecule has 1 saturated carbocycles. The van der Waals surface area contributed by atoms with E-state index in [1.54, 1.807) is 17.2 Å². The highest BCUT2D eigenvalue weighted by Crippen LogP contribution is 2.29. The van der Waals surface area contributed by atoms with Crippen molar-refractivity contribution in [3.63, 3.8) is 0 Å². The molecule has 3 N–H and O–H groups in total. The summed E-state index contributed by atoms with van der Waals surface area (Å²) in [5.41, 5.74) is 1.47. The lowest BCUT2D eigenvalue weighted by atomic mass is 9.93. The molecule has 5 rings (SSSR count). The highest BCUT2D eigenvalue weighted by atomic mass is 32.1. The first kappa shape index (κ1) is 22.3. The second-order valence-electron chi connectivity index (χ2n) is 8.86. The maximum absolute atomic E-state index is 13.9. The van der Waals surface area contributed by atoms with Crippen molar-refractivity contribution < 1.29 is 13.9 Å². The van der Waals surface area contributed by atoms with Crippen LogP contribution < -0.4 is 10.6 Å². The Kier molecular flexibility index (Phi) is 6.35. The van der Waals surface area contributed by atoms with Crippen molar-refractivity contribution in [3.8, 4) is 0 Å². The number of hydrogen-bond donors (Lipinski definition) is 3. The number of piperidine rings is 1. The molecule has 0 radical (unpaired) electrons. The Hall–Kier alpha value is -2.50. The SMILES string of the molecule is O[C@H]1CC[C@H](Nc2nc(CN3CCCC(F)(F)C3)cc(Nc3nc4cccnc4s3)n2)CC1. The predicted octanol–water partition coefficient (Wildman–Crippen LogP) is 4.17. The topological polar surface area (TPSA) is 99.1 Å². The minimum absolute atomic E-state index is 0.0634. The smallest absolute Gasteiger partial charge is 0.260 e. The Morgan fingerprint density at radius 2 is 2.03 bits per heavy atom. The second-order valence-corrected chi connectivity index (χ2v) is 9.84. The molecule has 3 aromatic rings. The van der Waals surface area contributed by atoms with Crippen LogP contribution in [-0.4, -0.2) is 61.1 Å². The van der Waals surface area contributed by atoms with E-state index in [4.69, 9.17) is 0 Å². The number of alkyl halides is 2. The Labute approximate surface area is 194 Å². The standard InChI is InChI=1S/C22H27F2N7OS/c23-22(24)8-2-10-31(13-22)12-15-11-18(30-21-28-17-3-1-9-25-19(17)33-21)29-20(27-15)26-14-4-6-16(32)7-5-14/h1,3,9,11,14,16,32H,2,4-8,10,12-13H2,(H2,26,27,28,29,30)/t14-,16-. The first-order valence-corrected chi connectivity index (χ1v) is 12.1. The zero-order valence-electron chi connectivity index (χ0n) is 18.2. The molecule has 3 aromatic heterocycles. The molecule has 0 amide bonds. The molecule has 1 aliphatic heterocycles. The number of anilines is 3. The van der Waals surface area contributed by atoms with Gasteiger partial charge in [-0.15, -0.1) is 0 Å². The van der Waals surface area contributed by atoms with Crippen molar-refractivity contribution in [3.05, 3.63) is 30.1 Å². The summed E-state index contributed by atoms with van der Waals surface area (Å²) in [5, 5.41) is 17.1. The maximum Gasteiger partial charge on any atom is 0.260 e. The van der Waals surface area contributed by atoms with Gasteiger partial charge in [0.15, 0.2) is 5.13 Å². The first-order chi connectivity index (χ1) is 15.9. The van der Waals surface area contributed by atoms with E-state index in [0.29, 0.717) is 42.1 Å². The van der Waals surface area contributed by atoms with Crippen molar-refractivity contribution in [1.82, 2.24) is 24.8 Å². The molecule has 0 atom stereocenters. The van der Waals surface area contributed by atoms with Crippen LogP contribution in [0.4, 0.5) is 25.7 Å². The van der Waals surface area contributed by atoms with E-state index in [2.05, 4.69) is 30.6 Å². The number of nitrogens with one attached hydrogen (secondary N) is 2. The quantitative estimate of drug-likeness (QED) is 0.489. The molecule has 1 aliphatic carbocycles. The van der Waals surface area contributed by atoms with Gasteiger partial charge in [0.05, 0.1) is 18.3 Å². The average molecular weight is 476 g/mol. The molecule has 8 nitrogen and oxygen atoms in total. The van der Waals surface area contributed by atoms with E-state index < -0.39 is 5.92 Å². The Bertz CT molecular complexity index is 1070. The van der Waals surface area contributed by atoms with Gasteiger partial charge in [-0.25, -0.2) is 23.7 Å². The Balaban J connectivity index is 1.38. The molecule has 11 heteroatoms. The van der Waals surface area contributed by atoms with Crippen molar-refractivity contribution in [2.45, 2.75) is 63.1 Å². The number of thiazole rings is 1. The number of hydrogen-bond acceptors (Lipinski definition) is 9. The summed E-state index contributed by atoms with van der Waals surface area (Å²) in [6.45, 7) is 0.688. The molecule has 1 saturated heterocycles. The molecule has 4 heterocycles. The van der Waals surface area contributed by atoms with Crippen LogP contribution in [0, 0.1) is 0 Å². The summed E-state index contributed by atoms with van der Waals surface area (Å²) in [4.78, 5) is 20.7. The molecule has 0 unspecified atom stereocenters. The van der Waals surface area contributed by atoms with E-state index in [1.807, 2.05) is 12.1 Å². The highest BCUT2D eigenvalue weighted by Gasteiger charge is 2.35. The molecule has 2 aliphatic rings. The monoisotopic (exact) mass is 475 g/mol. The normalized spacial score (nSPS) is 23.5. The minimum atomic E-state index is -2.66. The van der Waals surface area contributed by atoms with Gasteiger partial charge in [-0.3, -0.25) is 4.90 Å². The number of aliphatic hydroxyl groups is 1. The van der Waals surface area contributed by atoms with Gasteiger partial charge in [0, 0.05) is 31.3 Å². The second kappa shape index (κ2) is 9.40. The fraction of sp³-hybridized carbons (Fsp3) is 0.545. The number of aliphatic hydroxyl groups excluding tert-OH is 1. The van der Waals surface area contributed by atoms with E-state index in [0.717, 1.165) is 36.0 Å². The highest BCUT2D eigenvalue weighted by molar-refractivity contribution is 7.21. The predicted molar refractivity (Wildman–Crippen MR) is 124 cm³/mol. The summed E-state index contributed by atoms with van der Waals surface area (Å²) < 4.78 is 27.8. The van der Waals surface area contributed by atoms with Crippen molar-refractivity contribution in [2.24, 2.45) is 0 Å². The Morgan fingerprint density at radius 3 is 2.82 bits per heavy atom. The summed E-state index contributed by atoms with van der Waals surface area (Å²) >= 11 is 1.42. The number of pyridine rings is 1. The number of fused-ring (bicyclic) bond motifs is 1. The van der Waals surface area contributed by atoms with Gasteiger partial charge in [-0.1, -0.05) is 11.3 Å².